The summed E-state index contributed by atoms with van der Waals surface area (Å²) in [6.07, 6.45) is -4.68. The summed E-state index contributed by atoms with van der Waals surface area (Å²) in [5.41, 5.74) is 2.05. The maximum atomic E-state index is 12.8. The molecule has 0 aliphatic carbocycles. The van der Waals surface area contributed by atoms with E-state index in [0.717, 1.165) is 11.8 Å². The van der Waals surface area contributed by atoms with Gasteiger partial charge in [-0.25, -0.2) is 20.2 Å². The number of nitrogens with zero attached hydrogens (tertiary/aromatic N) is 2. The van der Waals surface area contributed by atoms with Gasteiger partial charge in [-0.1, -0.05) is 11.8 Å². The summed E-state index contributed by atoms with van der Waals surface area (Å²) in [6, 6.07) is 6.55. The fourth-order valence-corrected chi connectivity index (χ4v) is 2.12. The third-order valence-electron chi connectivity index (χ3n) is 2.14. The minimum atomic E-state index is -4.68. The van der Waals surface area contributed by atoms with Gasteiger partial charge in [0.15, 0.2) is 0 Å². The smallest absolute Gasteiger partial charge is 0.308 e. The molecular weight excluding hydrogens is 296 g/mol. The summed E-state index contributed by atoms with van der Waals surface area (Å²) in [6.45, 7) is 0. The van der Waals surface area contributed by atoms with Crippen LogP contribution in [0.1, 0.15) is 5.82 Å². The van der Waals surface area contributed by atoms with Crippen molar-refractivity contribution in [1.82, 2.24) is 9.97 Å². The van der Waals surface area contributed by atoms with Gasteiger partial charge in [0.2, 0.25) is 5.82 Å². The quantitative estimate of drug-likeness (QED) is 0.395. The Morgan fingerprint density at radius 3 is 2.30 bits per heavy atom. The Balaban J connectivity index is 2.33. The summed E-state index contributed by atoms with van der Waals surface area (Å²) < 4.78 is 50.6. The van der Waals surface area contributed by atoms with Crippen molar-refractivity contribution in [2.24, 2.45) is 5.84 Å². The van der Waals surface area contributed by atoms with E-state index < -0.39 is 17.8 Å². The Labute approximate surface area is 115 Å². The summed E-state index contributed by atoms with van der Waals surface area (Å²) in [7, 11) is 0. The van der Waals surface area contributed by atoms with Crippen molar-refractivity contribution in [3.05, 3.63) is 42.0 Å². The molecule has 106 valence electrons. The third kappa shape index (κ3) is 3.58. The van der Waals surface area contributed by atoms with Crippen molar-refractivity contribution < 1.29 is 17.6 Å². The van der Waals surface area contributed by atoms with Crippen LogP contribution in [0.4, 0.5) is 23.4 Å². The van der Waals surface area contributed by atoms with E-state index in [1.165, 1.54) is 30.3 Å². The lowest BCUT2D eigenvalue weighted by atomic mass is 10.4. The van der Waals surface area contributed by atoms with Crippen LogP contribution in [0.5, 0.6) is 0 Å². The number of alkyl halides is 3. The molecular formula is C11H8F4N4S. The third-order valence-corrected chi connectivity index (χ3v) is 3.07. The lowest BCUT2D eigenvalue weighted by Gasteiger charge is -2.09. The molecule has 2 aromatic rings. The van der Waals surface area contributed by atoms with Crippen molar-refractivity contribution in [2.75, 3.05) is 5.43 Å². The number of halogens is 4. The first-order chi connectivity index (χ1) is 9.38. The molecule has 9 heteroatoms. The number of anilines is 1. The highest BCUT2D eigenvalue weighted by molar-refractivity contribution is 7.99. The average Bonchev–Trinajstić information content (AvgIpc) is 2.40. The van der Waals surface area contributed by atoms with Crippen LogP contribution in [0.25, 0.3) is 0 Å². The molecule has 0 atom stereocenters. The van der Waals surface area contributed by atoms with Crippen LogP contribution in [0, 0.1) is 5.82 Å². The lowest BCUT2D eigenvalue weighted by Crippen LogP contribution is -2.16. The Hall–Kier alpha value is -1.87. The highest BCUT2D eigenvalue weighted by Crippen LogP contribution is 2.32. The Morgan fingerprint density at radius 2 is 1.75 bits per heavy atom. The molecule has 1 heterocycles. The van der Waals surface area contributed by atoms with E-state index in [1.807, 2.05) is 0 Å². The molecule has 1 aromatic heterocycles. The Kier molecular flexibility index (Phi) is 4.09. The summed E-state index contributed by atoms with van der Waals surface area (Å²) in [5.74, 6) is 3.20. The first-order valence-corrected chi connectivity index (χ1v) is 6.06. The number of benzene rings is 1. The van der Waals surface area contributed by atoms with E-state index in [0.29, 0.717) is 4.90 Å². The van der Waals surface area contributed by atoms with Crippen molar-refractivity contribution in [3.8, 4) is 0 Å². The van der Waals surface area contributed by atoms with E-state index in [4.69, 9.17) is 5.84 Å². The fourth-order valence-electron chi connectivity index (χ4n) is 1.30. The summed E-state index contributed by atoms with van der Waals surface area (Å²) >= 11 is 0.943. The van der Waals surface area contributed by atoms with Crippen LogP contribution in [0.3, 0.4) is 0 Å². The molecule has 0 saturated heterocycles. The van der Waals surface area contributed by atoms with E-state index in [-0.39, 0.29) is 10.8 Å². The highest BCUT2D eigenvalue weighted by Gasteiger charge is 2.35. The van der Waals surface area contributed by atoms with Gasteiger partial charge in [0.25, 0.3) is 0 Å². The highest BCUT2D eigenvalue weighted by atomic mass is 32.2. The normalized spacial score (nSPS) is 11.4. The van der Waals surface area contributed by atoms with Crippen molar-refractivity contribution in [1.29, 1.82) is 0 Å². The van der Waals surface area contributed by atoms with Gasteiger partial charge in [0, 0.05) is 11.0 Å². The number of rotatable bonds is 3. The predicted molar refractivity (Wildman–Crippen MR) is 65.4 cm³/mol. The van der Waals surface area contributed by atoms with Crippen LogP contribution in [0.2, 0.25) is 0 Å². The van der Waals surface area contributed by atoms with Crippen LogP contribution in [-0.2, 0) is 6.18 Å². The molecule has 0 saturated carbocycles. The number of nitrogen functional groups attached to an aromatic ring is 1. The largest absolute Gasteiger partial charge is 0.451 e. The van der Waals surface area contributed by atoms with E-state index in [2.05, 4.69) is 15.4 Å². The monoisotopic (exact) mass is 304 g/mol. The van der Waals surface area contributed by atoms with Crippen LogP contribution < -0.4 is 11.3 Å². The SMILES string of the molecule is NNc1cc(Sc2ccc(F)cc2)nc(C(F)(F)F)n1. The first-order valence-electron chi connectivity index (χ1n) is 5.25. The molecule has 0 unspecified atom stereocenters. The van der Waals surface area contributed by atoms with Crippen LogP contribution >= 0.6 is 11.8 Å². The topological polar surface area (TPSA) is 63.8 Å². The van der Waals surface area contributed by atoms with Crippen LogP contribution in [0.15, 0.2) is 40.3 Å². The molecule has 0 radical (unpaired) electrons. The maximum Gasteiger partial charge on any atom is 0.451 e. The second-order valence-electron chi connectivity index (χ2n) is 3.61. The molecule has 0 spiro atoms. The molecule has 4 nitrogen and oxygen atoms in total. The van der Waals surface area contributed by atoms with E-state index >= 15 is 0 Å². The molecule has 0 amide bonds. The molecule has 0 aliphatic rings. The zero-order valence-electron chi connectivity index (χ0n) is 9.78. The number of hydrogen-bond donors (Lipinski definition) is 2. The number of nitrogens with two attached hydrogens (primary N) is 1. The standard InChI is InChI=1S/C11H8F4N4S/c12-6-1-3-7(4-2-6)20-9-5-8(19-16)17-10(18-9)11(13,14)15/h1-5H,16H2,(H,17,18,19). The molecule has 3 N–H and O–H groups in total. The van der Waals surface area contributed by atoms with Gasteiger partial charge >= 0.3 is 6.18 Å². The van der Waals surface area contributed by atoms with Gasteiger partial charge in [0.05, 0.1) is 0 Å². The zero-order valence-corrected chi connectivity index (χ0v) is 10.6. The summed E-state index contributed by atoms with van der Waals surface area (Å²) in [4.78, 5) is 7.18. The van der Waals surface area contributed by atoms with Crippen molar-refractivity contribution >= 4 is 17.6 Å². The molecule has 0 bridgehead atoms. The van der Waals surface area contributed by atoms with Gasteiger partial charge in [-0.15, -0.1) is 0 Å². The first kappa shape index (κ1) is 14.5. The van der Waals surface area contributed by atoms with Gasteiger partial charge in [-0.05, 0) is 24.3 Å². The Morgan fingerprint density at radius 1 is 1.10 bits per heavy atom. The Bertz CT molecular complexity index is 600. The minimum Gasteiger partial charge on any atom is -0.308 e. The second kappa shape index (κ2) is 5.63. The van der Waals surface area contributed by atoms with Crippen LogP contribution in [-0.4, -0.2) is 9.97 Å². The van der Waals surface area contributed by atoms with E-state index in [9.17, 15) is 17.6 Å². The van der Waals surface area contributed by atoms with Gasteiger partial charge < -0.3 is 5.43 Å². The molecule has 0 fully saturated rings. The number of nitrogens with one attached hydrogen (secondary N) is 1. The number of hydrogen-bond acceptors (Lipinski definition) is 5. The number of hydrazine groups is 1. The maximum absolute atomic E-state index is 12.8. The van der Waals surface area contributed by atoms with Gasteiger partial charge in [-0.3, -0.25) is 0 Å². The van der Waals surface area contributed by atoms with E-state index in [1.54, 1.807) is 0 Å². The van der Waals surface area contributed by atoms with Gasteiger partial charge in [0.1, 0.15) is 16.7 Å². The summed E-state index contributed by atoms with van der Waals surface area (Å²) in [5, 5.41) is 0.0480. The average molecular weight is 304 g/mol. The minimum absolute atomic E-state index is 0.0480. The number of aromatic nitrogens is 2. The second-order valence-corrected chi connectivity index (χ2v) is 4.71. The van der Waals surface area contributed by atoms with Gasteiger partial charge in [-0.2, -0.15) is 13.2 Å². The molecule has 0 aliphatic heterocycles. The van der Waals surface area contributed by atoms with Crippen molar-refractivity contribution in [2.45, 2.75) is 16.1 Å². The van der Waals surface area contributed by atoms with Crippen molar-refractivity contribution in [3.63, 3.8) is 0 Å². The predicted octanol–water partition coefficient (Wildman–Crippen LogP) is 3.07. The molecule has 2 rings (SSSR count). The zero-order chi connectivity index (χ0) is 14.8. The lowest BCUT2D eigenvalue weighted by molar-refractivity contribution is -0.145. The fraction of sp³-hybridized carbons (Fsp3) is 0.0909. The molecule has 1 aromatic carbocycles. The molecule has 20 heavy (non-hydrogen) atoms.